The standard InChI is InChI=1S/C26H27N3O4S/c1-16-11-17(2)22(18(3)12-16)15-29-23-9-6-10-25(33-4)21(23)14-24(29)26(30)28-34(31,32)20-8-5-7-19(27)13-20/h5-14H,15,27H2,1-4H3,(H,28,30). The zero-order chi connectivity index (χ0) is 24.6. The molecular weight excluding hydrogens is 450 g/mol. The van der Waals surface area contributed by atoms with E-state index in [0.29, 0.717) is 18.0 Å². The van der Waals surface area contributed by atoms with Gasteiger partial charge in [-0.1, -0.05) is 29.8 Å². The average molecular weight is 478 g/mol. The van der Waals surface area contributed by atoms with Gasteiger partial charge in [0.2, 0.25) is 0 Å². The number of carbonyl (C=O) groups excluding carboxylic acids is 1. The Bertz CT molecular complexity index is 1500. The molecule has 8 heteroatoms. The van der Waals surface area contributed by atoms with Gasteiger partial charge in [0.15, 0.2) is 0 Å². The van der Waals surface area contributed by atoms with Crippen LogP contribution in [-0.4, -0.2) is 26.0 Å². The van der Waals surface area contributed by atoms with Crippen molar-refractivity contribution < 1.29 is 17.9 Å². The normalized spacial score (nSPS) is 11.5. The van der Waals surface area contributed by atoms with Crippen molar-refractivity contribution in [3.05, 3.63) is 88.6 Å². The highest BCUT2D eigenvalue weighted by molar-refractivity contribution is 7.90. The molecule has 1 heterocycles. The van der Waals surface area contributed by atoms with Crippen molar-refractivity contribution in [2.45, 2.75) is 32.2 Å². The van der Waals surface area contributed by atoms with Gasteiger partial charge in [-0.05, 0) is 73.9 Å². The van der Waals surface area contributed by atoms with Crippen LogP contribution in [0.15, 0.2) is 65.6 Å². The summed E-state index contributed by atoms with van der Waals surface area (Å²) in [5, 5.41) is 0.721. The number of amides is 1. The Labute approximate surface area is 199 Å². The van der Waals surface area contributed by atoms with Crippen LogP contribution in [0.2, 0.25) is 0 Å². The van der Waals surface area contributed by atoms with Gasteiger partial charge in [0.05, 0.1) is 17.5 Å². The predicted octanol–water partition coefficient (Wildman–Crippen LogP) is 4.32. The first-order valence-corrected chi connectivity index (χ1v) is 12.2. The minimum Gasteiger partial charge on any atom is -0.496 e. The number of benzene rings is 3. The van der Waals surface area contributed by atoms with Gasteiger partial charge in [0.25, 0.3) is 15.9 Å². The molecule has 0 saturated heterocycles. The molecule has 1 amide bonds. The minimum atomic E-state index is -4.12. The maximum atomic E-state index is 13.3. The lowest BCUT2D eigenvalue weighted by Gasteiger charge is -2.16. The monoisotopic (exact) mass is 477 g/mol. The van der Waals surface area contributed by atoms with E-state index in [9.17, 15) is 13.2 Å². The van der Waals surface area contributed by atoms with E-state index in [1.54, 1.807) is 25.3 Å². The highest BCUT2D eigenvalue weighted by Gasteiger charge is 2.24. The summed E-state index contributed by atoms with van der Waals surface area (Å²) in [7, 11) is -2.56. The zero-order valence-electron chi connectivity index (χ0n) is 19.5. The van der Waals surface area contributed by atoms with Crippen LogP contribution >= 0.6 is 0 Å². The molecule has 0 aliphatic rings. The number of rotatable bonds is 6. The molecule has 4 aromatic rings. The topological polar surface area (TPSA) is 103 Å². The molecule has 0 radical (unpaired) electrons. The summed E-state index contributed by atoms with van der Waals surface area (Å²) in [6.07, 6.45) is 0. The number of nitrogens with one attached hydrogen (secondary N) is 1. The molecule has 0 aliphatic heterocycles. The van der Waals surface area contributed by atoms with E-state index < -0.39 is 15.9 Å². The molecule has 3 N–H and O–H groups in total. The number of nitrogens with two attached hydrogens (primary N) is 1. The number of anilines is 1. The van der Waals surface area contributed by atoms with E-state index >= 15 is 0 Å². The van der Waals surface area contributed by atoms with Crippen LogP contribution in [0.1, 0.15) is 32.7 Å². The molecule has 3 aromatic carbocycles. The fraction of sp³-hybridized carbons (Fsp3) is 0.192. The van der Waals surface area contributed by atoms with Crippen molar-refractivity contribution in [2.75, 3.05) is 12.8 Å². The molecule has 0 atom stereocenters. The smallest absolute Gasteiger partial charge is 0.281 e. The predicted molar refractivity (Wildman–Crippen MR) is 134 cm³/mol. The van der Waals surface area contributed by atoms with Gasteiger partial charge in [-0.3, -0.25) is 4.79 Å². The van der Waals surface area contributed by atoms with Crippen molar-refractivity contribution in [1.82, 2.24) is 9.29 Å². The summed E-state index contributed by atoms with van der Waals surface area (Å²) in [5.74, 6) is -0.135. The van der Waals surface area contributed by atoms with Crippen molar-refractivity contribution in [3.8, 4) is 5.75 Å². The van der Waals surface area contributed by atoms with Gasteiger partial charge < -0.3 is 15.0 Å². The Hall–Kier alpha value is -3.78. The third-order valence-corrected chi connectivity index (χ3v) is 7.24. The summed E-state index contributed by atoms with van der Waals surface area (Å²) in [5.41, 5.74) is 11.4. The quantitative estimate of drug-likeness (QED) is 0.403. The number of sulfonamides is 1. The Balaban J connectivity index is 1.83. The highest BCUT2D eigenvalue weighted by atomic mass is 32.2. The molecular formula is C26H27N3O4S. The number of methoxy groups -OCH3 is 1. The Morgan fingerprint density at radius 3 is 2.32 bits per heavy atom. The minimum absolute atomic E-state index is 0.0775. The number of aryl methyl sites for hydroxylation is 3. The van der Waals surface area contributed by atoms with Crippen molar-refractivity contribution in [2.24, 2.45) is 0 Å². The van der Waals surface area contributed by atoms with Crippen molar-refractivity contribution >= 4 is 32.5 Å². The number of nitrogens with zero attached hydrogens (tertiary/aromatic N) is 1. The molecule has 0 unspecified atom stereocenters. The maximum Gasteiger partial charge on any atom is 0.281 e. The number of nitrogen functional groups attached to an aromatic ring is 1. The van der Waals surface area contributed by atoms with Crippen molar-refractivity contribution in [1.29, 1.82) is 0 Å². The molecule has 7 nitrogen and oxygen atoms in total. The first-order chi connectivity index (χ1) is 16.1. The Kier molecular flexibility index (Phi) is 6.10. The first-order valence-electron chi connectivity index (χ1n) is 10.8. The molecule has 0 spiro atoms. The van der Waals surface area contributed by atoms with Crippen LogP contribution in [0.5, 0.6) is 5.75 Å². The summed E-state index contributed by atoms with van der Waals surface area (Å²) in [4.78, 5) is 13.3. The molecule has 0 aliphatic carbocycles. The number of hydrogen-bond donors (Lipinski definition) is 2. The summed E-state index contributed by atoms with van der Waals surface area (Å²) >= 11 is 0. The van der Waals surface area contributed by atoms with E-state index in [-0.39, 0.29) is 10.6 Å². The van der Waals surface area contributed by atoms with Crippen LogP contribution in [0.3, 0.4) is 0 Å². The summed E-state index contributed by atoms with van der Waals surface area (Å²) < 4.78 is 35.3. The second-order valence-corrected chi connectivity index (χ2v) is 10.1. The molecule has 0 fully saturated rings. The Morgan fingerprint density at radius 2 is 1.68 bits per heavy atom. The average Bonchev–Trinajstić information content (AvgIpc) is 3.14. The van der Waals surface area contributed by atoms with E-state index in [1.165, 1.54) is 18.2 Å². The third-order valence-electron chi connectivity index (χ3n) is 5.91. The lowest BCUT2D eigenvalue weighted by Crippen LogP contribution is -2.32. The second kappa shape index (κ2) is 8.87. The fourth-order valence-electron chi connectivity index (χ4n) is 4.33. The van der Waals surface area contributed by atoms with E-state index in [2.05, 4.69) is 16.9 Å². The van der Waals surface area contributed by atoms with E-state index in [1.807, 2.05) is 37.5 Å². The number of fused-ring (bicyclic) bond motifs is 1. The van der Waals surface area contributed by atoms with E-state index in [0.717, 1.165) is 33.2 Å². The van der Waals surface area contributed by atoms with Crippen LogP contribution in [0.4, 0.5) is 5.69 Å². The number of carbonyl (C=O) groups is 1. The highest BCUT2D eigenvalue weighted by Crippen LogP contribution is 2.31. The Morgan fingerprint density at radius 1 is 1.00 bits per heavy atom. The molecule has 0 bridgehead atoms. The first kappa shape index (κ1) is 23.4. The van der Waals surface area contributed by atoms with Gasteiger partial charge in [-0.15, -0.1) is 0 Å². The van der Waals surface area contributed by atoms with Gasteiger partial charge in [0, 0.05) is 17.6 Å². The molecule has 176 valence electrons. The SMILES string of the molecule is COc1cccc2c1cc(C(=O)NS(=O)(=O)c1cccc(N)c1)n2Cc1c(C)cc(C)cc1C. The largest absolute Gasteiger partial charge is 0.496 e. The zero-order valence-corrected chi connectivity index (χ0v) is 20.4. The molecule has 0 saturated carbocycles. The summed E-state index contributed by atoms with van der Waals surface area (Å²) in [6, 6.07) is 17.2. The lowest BCUT2D eigenvalue weighted by molar-refractivity contribution is 0.0973. The third kappa shape index (κ3) is 4.36. The van der Waals surface area contributed by atoms with Gasteiger partial charge in [-0.2, -0.15) is 0 Å². The second-order valence-electron chi connectivity index (χ2n) is 8.39. The fourth-order valence-corrected chi connectivity index (χ4v) is 5.34. The molecule has 4 rings (SSSR count). The van der Waals surface area contributed by atoms with Gasteiger partial charge in [-0.25, -0.2) is 13.1 Å². The van der Waals surface area contributed by atoms with Crippen molar-refractivity contribution in [3.63, 3.8) is 0 Å². The van der Waals surface area contributed by atoms with Crippen LogP contribution in [-0.2, 0) is 16.6 Å². The van der Waals surface area contributed by atoms with Crippen LogP contribution in [0, 0.1) is 20.8 Å². The van der Waals surface area contributed by atoms with Gasteiger partial charge >= 0.3 is 0 Å². The number of aromatic nitrogens is 1. The maximum absolute atomic E-state index is 13.3. The molecule has 1 aromatic heterocycles. The summed E-state index contributed by atoms with van der Waals surface area (Å²) in [6.45, 7) is 6.51. The van der Waals surface area contributed by atoms with Gasteiger partial charge in [0.1, 0.15) is 11.4 Å². The number of ether oxygens (including phenoxy) is 1. The van der Waals surface area contributed by atoms with Crippen LogP contribution in [0.25, 0.3) is 10.9 Å². The molecule has 34 heavy (non-hydrogen) atoms. The van der Waals surface area contributed by atoms with Crippen LogP contribution < -0.4 is 15.2 Å². The van der Waals surface area contributed by atoms with E-state index in [4.69, 9.17) is 10.5 Å². The lowest BCUT2D eigenvalue weighted by atomic mass is 9.99. The number of hydrogen-bond acceptors (Lipinski definition) is 5.